The van der Waals surface area contributed by atoms with Crippen molar-refractivity contribution in [1.82, 2.24) is 0 Å². The molecule has 1 aliphatic heterocycles. The second-order valence-corrected chi connectivity index (χ2v) is 5.14. The van der Waals surface area contributed by atoms with E-state index in [0.717, 1.165) is 23.7 Å². The van der Waals surface area contributed by atoms with Gasteiger partial charge in [0.25, 0.3) is 0 Å². The Morgan fingerprint density at radius 3 is 2.71 bits per heavy atom. The number of ether oxygens (including phenoxy) is 1. The Morgan fingerprint density at radius 2 is 2.18 bits per heavy atom. The Bertz CT molecular complexity index is 387. The molecule has 1 aromatic carbocycles. The van der Waals surface area contributed by atoms with Crippen LogP contribution in [0.5, 0.6) is 5.75 Å². The van der Waals surface area contributed by atoms with Crippen molar-refractivity contribution in [3.63, 3.8) is 0 Å². The fraction of sp³-hybridized carbons (Fsp3) is 0.417. The van der Waals surface area contributed by atoms with Crippen LogP contribution in [0.3, 0.4) is 0 Å². The molecule has 92 valence electrons. The lowest BCUT2D eigenvalue weighted by Gasteiger charge is -2.13. The maximum atomic E-state index is 10.7. The maximum Gasteiger partial charge on any atom is 0.325 e. The molecule has 1 aliphatic rings. The molecule has 5 heteroatoms. The SMILES string of the molecule is NC(C(=O)O)c1ccc(OC2CCSC2)cc1. The lowest BCUT2D eigenvalue weighted by atomic mass is 10.1. The zero-order valence-corrected chi connectivity index (χ0v) is 10.2. The van der Waals surface area contributed by atoms with Gasteiger partial charge in [0.15, 0.2) is 0 Å². The third-order valence-corrected chi connectivity index (χ3v) is 3.83. The predicted molar refractivity (Wildman–Crippen MR) is 67.4 cm³/mol. The monoisotopic (exact) mass is 253 g/mol. The first-order valence-corrected chi connectivity index (χ1v) is 6.65. The summed E-state index contributed by atoms with van der Waals surface area (Å²) < 4.78 is 5.76. The molecule has 3 N–H and O–H groups in total. The number of benzene rings is 1. The quantitative estimate of drug-likeness (QED) is 0.853. The van der Waals surface area contributed by atoms with Gasteiger partial charge in [-0.3, -0.25) is 4.79 Å². The zero-order chi connectivity index (χ0) is 12.3. The second-order valence-electron chi connectivity index (χ2n) is 3.99. The fourth-order valence-corrected chi connectivity index (χ4v) is 2.79. The van der Waals surface area contributed by atoms with E-state index < -0.39 is 12.0 Å². The Kier molecular flexibility index (Phi) is 3.91. The summed E-state index contributed by atoms with van der Waals surface area (Å²) in [5.41, 5.74) is 6.10. The largest absolute Gasteiger partial charge is 0.490 e. The van der Waals surface area contributed by atoms with Gasteiger partial charge < -0.3 is 15.6 Å². The molecular formula is C12H15NO3S. The Balaban J connectivity index is 1.99. The van der Waals surface area contributed by atoms with Crippen LogP contribution < -0.4 is 10.5 Å². The van der Waals surface area contributed by atoms with Gasteiger partial charge in [-0.15, -0.1) is 0 Å². The average Bonchev–Trinajstić information content (AvgIpc) is 2.82. The van der Waals surface area contributed by atoms with Crippen molar-refractivity contribution in [1.29, 1.82) is 0 Å². The number of carboxylic acid groups (broad SMARTS) is 1. The highest BCUT2D eigenvalue weighted by Gasteiger charge is 2.18. The molecule has 1 heterocycles. The van der Waals surface area contributed by atoms with Crippen LogP contribution in [-0.2, 0) is 4.79 Å². The summed E-state index contributed by atoms with van der Waals surface area (Å²) in [4.78, 5) is 10.7. The number of aliphatic carboxylic acids is 1. The van der Waals surface area contributed by atoms with Crippen LogP contribution in [0, 0.1) is 0 Å². The van der Waals surface area contributed by atoms with Gasteiger partial charge >= 0.3 is 5.97 Å². The summed E-state index contributed by atoms with van der Waals surface area (Å²) in [7, 11) is 0. The minimum absolute atomic E-state index is 0.277. The van der Waals surface area contributed by atoms with Gasteiger partial charge in [0.2, 0.25) is 0 Å². The molecule has 1 aromatic rings. The topological polar surface area (TPSA) is 72.6 Å². The molecule has 0 radical (unpaired) electrons. The van der Waals surface area contributed by atoms with Crippen LogP contribution in [-0.4, -0.2) is 28.7 Å². The van der Waals surface area contributed by atoms with Crippen molar-refractivity contribution in [2.75, 3.05) is 11.5 Å². The Labute approximate surface area is 104 Å². The molecule has 1 fully saturated rings. The molecule has 0 bridgehead atoms. The van der Waals surface area contributed by atoms with Crippen molar-refractivity contribution in [3.8, 4) is 5.75 Å². The smallest absolute Gasteiger partial charge is 0.325 e. The lowest BCUT2D eigenvalue weighted by molar-refractivity contribution is -0.138. The Morgan fingerprint density at radius 1 is 1.47 bits per heavy atom. The molecule has 0 spiro atoms. The molecule has 17 heavy (non-hydrogen) atoms. The lowest BCUT2D eigenvalue weighted by Crippen LogP contribution is -2.20. The number of thioether (sulfide) groups is 1. The van der Waals surface area contributed by atoms with E-state index in [4.69, 9.17) is 15.6 Å². The van der Waals surface area contributed by atoms with E-state index in [1.807, 2.05) is 11.8 Å². The number of nitrogens with two attached hydrogens (primary N) is 1. The number of hydrogen-bond donors (Lipinski definition) is 2. The van der Waals surface area contributed by atoms with Crippen LogP contribution in [0.1, 0.15) is 18.0 Å². The second kappa shape index (κ2) is 5.42. The van der Waals surface area contributed by atoms with Crippen molar-refractivity contribution in [2.45, 2.75) is 18.6 Å². The molecule has 0 amide bonds. The summed E-state index contributed by atoms with van der Waals surface area (Å²) in [5, 5.41) is 8.78. The highest BCUT2D eigenvalue weighted by Crippen LogP contribution is 2.24. The van der Waals surface area contributed by atoms with Gasteiger partial charge in [0.05, 0.1) is 0 Å². The first-order chi connectivity index (χ1) is 8.16. The number of carbonyl (C=O) groups is 1. The highest BCUT2D eigenvalue weighted by atomic mass is 32.2. The molecule has 2 rings (SSSR count). The summed E-state index contributed by atoms with van der Waals surface area (Å²) >= 11 is 1.89. The molecule has 0 saturated carbocycles. The van der Waals surface area contributed by atoms with Crippen molar-refractivity contribution < 1.29 is 14.6 Å². The van der Waals surface area contributed by atoms with Gasteiger partial charge in [-0.05, 0) is 29.9 Å². The van der Waals surface area contributed by atoms with Crippen LogP contribution in [0.25, 0.3) is 0 Å². The highest BCUT2D eigenvalue weighted by molar-refractivity contribution is 7.99. The summed E-state index contributed by atoms with van der Waals surface area (Å²) in [6.07, 6.45) is 1.35. The van der Waals surface area contributed by atoms with Gasteiger partial charge in [0.1, 0.15) is 17.9 Å². The summed E-state index contributed by atoms with van der Waals surface area (Å²) in [6.45, 7) is 0. The number of carboxylic acids is 1. The number of hydrogen-bond acceptors (Lipinski definition) is 4. The predicted octanol–water partition coefficient (Wildman–Crippen LogP) is 1.66. The van der Waals surface area contributed by atoms with Gasteiger partial charge in [0, 0.05) is 5.75 Å². The summed E-state index contributed by atoms with van der Waals surface area (Å²) in [6, 6.07) is 6.00. The van der Waals surface area contributed by atoms with Crippen molar-refractivity contribution >= 4 is 17.7 Å². The molecule has 0 aromatic heterocycles. The van der Waals surface area contributed by atoms with Gasteiger partial charge in [-0.2, -0.15) is 11.8 Å². The zero-order valence-electron chi connectivity index (χ0n) is 9.33. The molecule has 0 aliphatic carbocycles. The van der Waals surface area contributed by atoms with E-state index in [9.17, 15) is 4.79 Å². The van der Waals surface area contributed by atoms with Crippen LogP contribution in [0.2, 0.25) is 0 Å². The molecule has 2 unspecified atom stereocenters. The third-order valence-electron chi connectivity index (χ3n) is 2.70. The first-order valence-electron chi connectivity index (χ1n) is 5.49. The van der Waals surface area contributed by atoms with E-state index in [2.05, 4.69) is 0 Å². The summed E-state index contributed by atoms with van der Waals surface area (Å²) in [5.74, 6) is 1.92. The van der Waals surface area contributed by atoms with Crippen LogP contribution >= 0.6 is 11.8 Å². The van der Waals surface area contributed by atoms with Crippen LogP contribution in [0.15, 0.2) is 24.3 Å². The number of rotatable bonds is 4. The van der Waals surface area contributed by atoms with E-state index in [-0.39, 0.29) is 6.10 Å². The molecule has 4 nitrogen and oxygen atoms in total. The fourth-order valence-electron chi connectivity index (χ4n) is 1.69. The van der Waals surface area contributed by atoms with Crippen molar-refractivity contribution in [3.05, 3.63) is 29.8 Å². The average molecular weight is 253 g/mol. The van der Waals surface area contributed by atoms with E-state index >= 15 is 0 Å². The maximum absolute atomic E-state index is 10.7. The van der Waals surface area contributed by atoms with E-state index in [1.54, 1.807) is 24.3 Å². The third kappa shape index (κ3) is 3.14. The minimum atomic E-state index is -1.02. The van der Waals surface area contributed by atoms with Crippen LogP contribution in [0.4, 0.5) is 0 Å². The van der Waals surface area contributed by atoms with Gasteiger partial charge in [-0.25, -0.2) is 0 Å². The van der Waals surface area contributed by atoms with E-state index in [1.165, 1.54) is 0 Å². The van der Waals surface area contributed by atoms with E-state index in [0.29, 0.717) is 5.56 Å². The molecular weight excluding hydrogens is 238 g/mol. The molecule has 2 atom stereocenters. The molecule has 1 saturated heterocycles. The normalized spacial score (nSPS) is 21.1. The minimum Gasteiger partial charge on any atom is -0.490 e. The van der Waals surface area contributed by atoms with Gasteiger partial charge in [-0.1, -0.05) is 12.1 Å². The Hall–Kier alpha value is -1.20. The standard InChI is InChI=1S/C12H15NO3S/c13-11(12(14)15)8-1-3-9(4-2-8)16-10-5-6-17-7-10/h1-4,10-11H,5-7,13H2,(H,14,15). The first kappa shape index (κ1) is 12.3. The van der Waals surface area contributed by atoms with Crippen molar-refractivity contribution in [2.24, 2.45) is 5.73 Å².